The molecular weight excluding hydrogens is 289 g/mol. The highest BCUT2D eigenvalue weighted by molar-refractivity contribution is 6.39. The Morgan fingerprint density at radius 2 is 1.74 bits per heavy atom. The van der Waals surface area contributed by atoms with E-state index in [0.29, 0.717) is 23.3 Å². The Morgan fingerprint density at radius 1 is 1.21 bits per heavy atom. The van der Waals surface area contributed by atoms with E-state index < -0.39 is 6.29 Å². The van der Waals surface area contributed by atoms with Crippen LogP contribution < -0.4 is 5.32 Å². The zero-order chi connectivity index (χ0) is 14.3. The number of ether oxygens (including phenoxy) is 2. The Bertz CT molecular complexity index is 400. The molecule has 0 saturated carbocycles. The van der Waals surface area contributed by atoms with Crippen LogP contribution in [0.15, 0.2) is 18.2 Å². The third-order valence-electron chi connectivity index (χ3n) is 2.32. The number of halogens is 2. The highest BCUT2D eigenvalue weighted by Crippen LogP contribution is 2.23. The highest BCUT2D eigenvalue weighted by Gasteiger charge is 2.16. The molecule has 0 fully saturated rings. The number of nitrogens with one attached hydrogen (secondary N) is 1. The van der Waals surface area contributed by atoms with Crippen molar-refractivity contribution in [3.8, 4) is 0 Å². The average Bonchev–Trinajstić information content (AvgIpc) is 2.36. The quantitative estimate of drug-likeness (QED) is 0.787. The van der Waals surface area contributed by atoms with Crippen molar-refractivity contribution >= 4 is 29.1 Å². The summed E-state index contributed by atoms with van der Waals surface area (Å²) in [6.45, 7) is 4.97. The van der Waals surface area contributed by atoms with Crippen molar-refractivity contribution in [2.24, 2.45) is 0 Å². The SMILES string of the molecule is CCOC(CNC(=O)c1c(Cl)cccc1Cl)OCC. The molecule has 0 aliphatic carbocycles. The van der Waals surface area contributed by atoms with E-state index in [9.17, 15) is 4.79 Å². The van der Waals surface area contributed by atoms with Gasteiger partial charge in [0.15, 0.2) is 6.29 Å². The minimum atomic E-state index is -0.472. The molecule has 1 rings (SSSR count). The summed E-state index contributed by atoms with van der Waals surface area (Å²) in [5, 5.41) is 3.32. The number of carbonyl (C=O) groups is 1. The summed E-state index contributed by atoms with van der Waals surface area (Å²) >= 11 is 11.9. The normalized spacial score (nSPS) is 10.8. The van der Waals surface area contributed by atoms with Gasteiger partial charge in [-0.1, -0.05) is 29.3 Å². The predicted molar refractivity (Wildman–Crippen MR) is 75.8 cm³/mol. The molecule has 0 aromatic heterocycles. The number of hydrogen-bond donors (Lipinski definition) is 1. The molecule has 1 amide bonds. The van der Waals surface area contributed by atoms with Crippen LogP contribution in [0.3, 0.4) is 0 Å². The van der Waals surface area contributed by atoms with Gasteiger partial charge in [-0.25, -0.2) is 0 Å². The zero-order valence-electron chi connectivity index (χ0n) is 10.9. The van der Waals surface area contributed by atoms with Gasteiger partial charge in [0, 0.05) is 13.2 Å². The molecule has 0 atom stereocenters. The van der Waals surface area contributed by atoms with Crippen LogP contribution in [-0.4, -0.2) is 32.0 Å². The van der Waals surface area contributed by atoms with Crippen LogP contribution in [0.1, 0.15) is 24.2 Å². The fraction of sp³-hybridized carbons (Fsp3) is 0.462. The Hall–Kier alpha value is -0.810. The third-order valence-corrected chi connectivity index (χ3v) is 2.95. The zero-order valence-corrected chi connectivity index (χ0v) is 12.4. The van der Waals surface area contributed by atoms with Crippen molar-refractivity contribution in [1.82, 2.24) is 5.32 Å². The third kappa shape index (κ3) is 4.99. The molecule has 1 aromatic rings. The smallest absolute Gasteiger partial charge is 0.254 e. The van der Waals surface area contributed by atoms with Gasteiger partial charge in [-0.3, -0.25) is 4.79 Å². The van der Waals surface area contributed by atoms with Crippen LogP contribution in [-0.2, 0) is 9.47 Å². The van der Waals surface area contributed by atoms with Gasteiger partial charge in [0.05, 0.1) is 22.2 Å². The van der Waals surface area contributed by atoms with Crippen molar-refractivity contribution in [3.05, 3.63) is 33.8 Å². The lowest BCUT2D eigenvalue weighted by molar-refractivity contribution is -0.131. The summed E-state index contributed by atoms with van der Waals surface area (Å²) in [6, 6.07) is 4.92. The van der Waals surface area contributed by atoms with Crippen molar-refractivity contribution in [2.45, 2.75) is 20.1 Å². The molecule has 0 radical (unpaired) electrons. The second-order valence-electron chi connectivity index (χ2n) is 3.65. The average molecular weight is 306 g/mol. The Labute approximate surface area is 123 Å². The molecule has 1 aromatic carbocycles. The molecule has 0 aliphatic rings. The second-order valence-corrected chi connectivity index (χ2v) is 4.46. The van der Waals surface area contributed by atoms with E-state index in [4.69, 9.17) is 32.7 Å². The minimum Gasteiger partial charge on any atom is -0.351 e. The highest BCUT2D eigenvalue weighted by atomic mass is 35.5. The van der Waals surface area contributed by atoms with Crippen LogP contribution >= 0.6 is 23.2 Å². The molecular formula is C13H17Cl2NO3. The van der Waals surface area contributed by atoms with Crippen molar-refractivity contribution in [1.29, 1.82) is 0 Å². The predicted octanol–water partition coefficient (Wildman–Crippen LogP) is 3.12. The molecule has 0 spiro atoms. The van der Waals surface area contributed by atoms with E-state index in [1.807, 2.05) is 13.8 Å². The lowest BCUT2D eigenvalue weighted by atomic mass is 10.2. The number of benzene rings is 1. The van der Waals surface area contributed by atoms with Gasteiger partial charge in [-0.2, -0.15) is 0 Å². The van der Waals surface area contributed by atoms with Gasteiger partial charge >= 0.3 is 0 Å². The van der Waals surface area contributed by atoms with Crippen LogP contribution in [0.2, 0.25) is 10.0 Å². The van der Waals surface area contributed by atoms with Gasteiger partial charge in [0.1, 0.15) is 0 Å². The fourth-order valence-electron chi connectivity index (χ4n) is 1.52. The van der Waals surface area contributed by atoms with Gasteiger partial charge < -0.3 is 14.8 Å². The molecule has 1 N–H and O–H groups in total. The monoisotopic (exact) mass is 305 g/mol. The molecule has 6 heteroatoms. The van der Waals surface area contributed by atoms with Crippen LogP contribution in [0.5, 0.6) is 0 Å². The fourth-order valence-corrected chi connectivity index (χ4v) is 2.09. The Balaban J connectivity index is 2.64. The number of amides is 1. The van der Waals surface area contributed by atoms with E-state index in [-0.39, 0.29) is 18.0 Å². The van der Waals surface area contributed by atoms with Gasteiger partial charge in [-0.15, -0.1) is 0 Å². The van der Waals surface area contributed by atoms with E-state index >= 15 is 0 Å². The van der Waals surface area contributed by atoms with Crippen LogP contribution in [0, 0.1) is 0 Å². The maximum Gasteiger partial charge on any atom is 0.254 e. The molecule has 0 aliphatic heterocycles. The van der Waals surface area contributed by atoms with Crippen molar-refractivity contribution in [2.75, 3.05) is 19.8 Å². The largest absolute Gasteiger partial charge is 0.351 e. The van der Waals surface area contributed by atoms with Gasteiger partial charge in [-0.05, 0) is 26.0 Å². The first-order chi connectivity index (χ1) is 9.10. The Kier molecular flexibility index (Phi) is 7.16. The van der Waals surface area contributed by atoms with Crippen molar-refractivity contribution < 1.29 is 14.3 Å². The molecule has 0 bridgehead atoms. The summed E-state index contributed by atoms with van der Waals surface area (Å²) < 4.78 is 10.7. The van der Waals surface area contributed by atoms with Gasteiger partial charge in [0.25, 0.3) is 5.91 Å². The first kappa shape index (κ1) is 16.2. The summed E-state index contributed by atoms with van der Waals surface area (Å²) in [5.41, 5.74) is 0.262. The van der Waals surface area contributed by atoms with Gasteiger partial charge in [0.2, 0.25) is 0 Å². The maximum atomic E-state index is 12.0. The summed E-state index contributed by atoms with van der Waals surface area (Å²) in [5.74, 6) is -0.347. The van der Waals surface area contributed by atoms with E-state index in [2.05, 4.69) is 5.32 Å². The molecule has 106 valence electrons. The summed E-state index contributed by atoms with van der Waals surface area (Å²) in [4.78, 5) is 12.0. The standard InChI is InChI=1S/C13H17Cl2NO3/c1-3-18-11(19-4-2)8-16-13(17)12-9(14)6-5-7-10(12)15/h5-7,11H,3-4,8H2,1-2H3,(H,16,17). The maximum absolute atomic E-state index is 12.0. The molecule has 0 saturated heterocycles. The first-order valence-electron chi connectivity index (χ1n) is 6.05. The minimum absolute atomic E-state index is 0.238. The molecule has 4 nitrogen and oxygen atoms in total. The summed E-state index contributed by atoms with van der Waals surface area (Å²) in [6.07, 6.45) is -0.472. The molecule has 0 unspecified atom stereocenters. The lowest BCUT2D eigenvalue weighted by Crippen LogP contribution is -2.35. The van der Waals surface area contributed by atoms with E-state index in [1.54, 1.807) is 18.2 Å². The summed E-state index contributed by atoms with van der Waals surface area (Å²) in [7, 11) is 0. The topological polar surface area (TPSA) is 47.6 Å². The number of rotatable bonds is 7. The lowest BCUT2D eigenvalue weighted by Gasteiger charge is -2.17. The second kappa shape index (κ2) is 8.38. The Morgan fingerprint density at radius 3 is 2.21 bits per heavy atom. The van der Waals surface area contributed by atoms with Crippen LogP contribution in [0.25, 0.3) is 0 Å². The molecule has 19 heavy (non-hydrogen) atoms. The van der Waals surface area contributed by atoms with Crippen LogP contribution in [0.4, 0.5) is 0 Å². The van der Waals surface area contributed by atoms with E-state index in [1.165, 1.54) is 0 Å². The number of hydrogen-bond acceptors (Lipinski definition) is 3. The molecule has 0 heterocycles. The number of carbonyl (C=O) groups excluding carboxylic acids is 1. The van der Waals surface area contributed by atoms with E-state index in [0.717, 1.165) is 0 Å². The first-order valence-corrected chi connectivity index (χ1v) is 6.81. The van der Waals surface area contributed by atoms with Crippen molar-refractivity contribution in [3.63, 3.8) is 0 Å².